The number of alkyl halides is 1. The zero-order chi connectivity index (χ0) is 20.7. The van der Waals surface area contributed by atoms with Crippen molar-refractivity contribution in [1.29, 1.82) is 0 Å². The molecule has 2 fully saturated rings. The average molecular weight is 408 g/mol. The fraction of sp³-hybridized carbons (Fsp3) is 0.409. The van der Waals surface area contributed by atoms with Gasteiger partial charge in [-0.3, -0.25) is 0 Å². The van der Waals surface area contributed by atoms with Gasteiger partial charge in [0.25, 0.3) is 0 Å². The third kappa shape index (κ3) is 3.41. The molecule has 4 heterocycles. The van der Waals surface area contributed by atoms with Crippen molar-refractivity contribution in [1.82, 2.24) is 25.1 Å². The summed E-state index contributed by atoms with van der Waals surface area (Å²) in [5.41, 5.74) is 1.98. The number of piperidine rings is 2. The van der Waals surface area contributed by atoms with Crippen LogP contribution in [0.4, 0.5) is 10.2 Å². The van der Waals surface area contributed by atoms with Crippen LogP contribution in [0.5, 0.6) is 5.75 Å². The lowest BCUT2D eigenvalue weighted by Crippen LogP contribution is -2.61. The third-order valence-electron chi connectivity index (χ3n) is 6.36. The molecular formula is C22H25FN6O. The molecule has 0 spiro atoms. The highest BCUT2D eigenvalue weighted by Crippen LogP contribution is 2.33. The van der Waals surface area contributed by atoms with Gasteiger partial charge in [0.05, 0.1) is 23.8 Å². The van der Waals surface area contributed by atoms with Gasteiger partial charge < -0.3 is 19.9 Å². The fourth-order valence-electron chi connectivity index (χ4n) is 4.69. The van der Waals surface area contributed by atoms with Gasteiger partial charge in [0.15, 0.2) is 5.82 Å². The third-order valence-corrected chi connectivity index (χ3v) is 6.36. The molecule has 156 valence electrons. The lowest BCUT2D eigenvalue weighted by molar-refractivity contribution is 0.107. The first kappa shape index (κ1) is 19.0. The summed E-state index contributed by atoms with van der Waals surface area (Å²) in [5, 5.41) is 22.5. The summed E-state index contributed by atoms with van der Waals surface area (Å²) in [6, 6.07) is 9.13. The van der Waals surface area contributed by atoms with Gasteiger partial charge in [-0.05, 0) is 43.5 Å². The Morgan fingerprint density at radius 1 is 1.20 bits per heavy atom. The van der Waals surface area contributed by atoms with Gasteiger partial charge in [0.2, 0.25) is 0 Å². The summed E-state index contributed by atoms with van der Waals surface area (Å²) in [6.45, 7) is 0. The highest BCUT2D eigenvalue weighted by atomic mass is 19.1. The molecule has 4 atom stereocenters. The normalized spacial score (nSPS) is 25.8. The van der Waals surface area contributed by atoms with Gasteiger partial charge in [-0.1, -0.05) is 6.42 Å². The number of aromatic hydroxyl groups is 1. The van der Waals surface area contributed by atoms with E-state index in [1.807, 2.05) is 47.0 Å². The number of nitrogens with zero attached hydrogens (tertiary/aromatic N) is 5. The van der Waals surface area contributed by atoms with E-state index in [0.717, 1.165) is 31.4 Å². The van der Waals surface area contributed by atoms with E-state index in [4.69, 9.17) is 0 Å². The summed E-state index contributed by atoms with van der Waals surface area (Å²) in [4.78, 5) is 5.93. The van der Waals surface area contributed by atoms with Crippen LogP contribution >= 0.6 is 0 Å². The molecule has 2 saturated heterocycles. The van der Waals surface area contributed by atoms with E-state index in [1.165, 1.54) is 0 Å². The minimum absolute atomic E-state index is 0.0665. The highest BCUT2D eigenvalue weighted by molar-refractivity contribution is 5.69. The molecule has 8 heteroatoms. The largest absolute Gasteiger partial charge is 0.507 e. The number of hydrogen-bond acceptors (Lipinski definition) is 6. The number of halogens is 1. The first-order valence-corrected chi connectivity index (χ1v) is 10.4. The van der Waals surface area contributed by atoms with Crippen LogP contribution in [0.15, 0.2) is 49.1 Å². The second-order valence-corrected chi connectivity index (χ2v) is 8.21. The van der Waals surface area contributed by atoms with E-state index in [2.05, 4.69) is 20.5 Å². The van der Waals surface area contributed by atoms with Crippen LogP contribution in [0, 0.1) is 0 Å². The van der Waals surface area contributed by atoms with Crippen molar-refractivity contribution in [3.63, 3.8) is 0 Å². The van der Waals surface area contributed by atoms with Crippen LogP contribution in [-0.2, 0) is 0 Å². The maximum Gasteiger partial charge on any atom is 0.151 e. The van der Waals surface area contributed by atoms with E-state index in [9.17, 15) is 5.11 Å². The molecule has 0 saturated carbocycles. The molecule has 7 nitrogen and oxygen atoms in total. The maximum absolute atomic E-state index is 15.0. The van der Waals surface area contributed by atoms with Crippen molar-refractivity contribution in [2.45, 2.75) is 50.0 Å². The Morgan fingerprint density at radius 2 is 2.10 bits per heavy atom. The number of benzene rings is 1. The predicted octanol–water partition coefficient (Wildman–Crippen LogP) is 3.09. The molecule has 0 radical (unpaired) electrons. The van der Waals surface area contributed by atoms with Crippen LogP contribution in [0.3, 0.4) is 0 Å². The Balaban J connectivity index is 1.35. The van der Waals surface area contributed by atoms with Crippen LogP contribution in [0.1, 0.15) is 25.7 Å². The summed E-state index contributed by atoms with van der Waals surface area (Å²) in [7, 11) is 1.89. The molecular weight excluding hydrogens is 383 g/mol. The van der Waals surface area contributed by atoms with Crippen molar-refractivity contribution < 1.29 is 9.50 Å². The van der Waals surface area contributed by atoms with Crippen molar-refractivity contribution in [2.75, 3.05) is 11.9 Å². The second kappa shape index (κ2) is 7.68. The number of nitrogens with one attached hydrogen (secondary N) is 1. The SMILES string of the molecule is CN(c1ccc(-c2ccc(-n3ccnc3)cc2O)nn1)[C@@H]1C[C@H]2CCC[C@H](N2)[C@@H]1F. The van der Waals surface area contributed by atoms with E-state index in [-0.39, 0.29) is 17.8 Å². The molecule has 2 aromatic heterocycles. The van der Waals surface area contributed by atoms with Gasteiger partial charge in [0, 0.05) is 43.2 Å². The number of phenols is 1. The number of anilines is 1. The Hall–Kier alpha value is -3.00. The zero-order valence-corrected chi connectivity index (χ0v) is 16.8. The predicted molar refractivity (Wildman–Crippen MR) is 113 cm³/mol. The van der Waals surface area contributed by atoms with Crippen molar-refractivity contribution in [3.8, 4) is 22.7 Å². The molecule has 2 N–H and O–H groups in total. The van der Waals surface area contributed by atoms with Crippen molar-refractivity contribution >= 4 is 5.82 Å². The average Bonchev–Trinajstić information content (AvgIpc) is 3.31. The first-order chi connectivity index (χ1) is 14.6. The van der Waals surface area contributed by atoms with Gasteiger partial charge in [-0.25, -0.2) is 9.37 Å². The van der Waals surface area contributed by atoms with Gasteiger partial charge in [-0.2, -0.15) is 0 Å². The minimum atomic E-state index is -0.923. The molecule has 0 amide bonds. The molecule has 30 heavy (non-hydrogen) atoms. The molecule has 5 rings (SSSR count). The van der Waals surface area contributed by atoms with E-state index in [1.54, 1.807) is 18.6 Å². The molecule has 3 aromatic rings. The van der Waals surface area contributed by atoms with Crippen LogP contribution < -0.4 is 10.2 Å². The standard InChI is InChI=1S/C22H25FN6O/c1-28(19-11-14-3-2-4-18(25-14)22(19)23)21-8-7-17(26-27-21)16-6-5-15(12-20(16)30)29-10-9-24-13-29/h5-10,12-14,18-19,22,25,30H,2-4,11H2,1H3/t14-,18+,19-,22+/m1/s1. The Kier molecular flexibility index (Phi) is 4.86. The molecule has 2 aliphatic rings. The number of aromatic nitrogens is 4. The topological polar surface area (TPSA) is 79.1 Å². The number of rotatable bonds is 4. The smallest absolute Gasteiger partial charge is 0.151 e. The second-order valence-electron chi connectivity index (χ2n) is 8.21. The maximum atomic E-state index is 15.0. The van der Waals surface area contributed by atoms with Crippen LogP contribution in [0.25, 0.3) is 16.9 Å². The molecule has 2 bridgehead atoms. The molecule has 0 aliphatic carbocycles. The van der Waals surface area contributed by atoms with Crippen LogP contribution in [0.2, 0.25) is 0 Å². The number of phenolic OH excluding ortho intramolecular Hbond substituents is 1. The van der Waals surface area contributed by atoms with Gasteiger partial charge in [-0.15, -0.1) is 10.2 Å². The highest BCUT2D eigenvalue weighted by Gasteiger charge is 2.41. The summed E-state index contributed by atoms with van der Waals surface area (Å²) in [5.74, 6) is 0.757. The summed E-state index contributed by atoms with van der Waals surface area (Å²) >= 11 is 0. The molecule has 1 aromatic carbocycles. The fourth-order valence-corrected chi connectivity index (χ4v) is 4.69. The van der Waals surface area contributed by atoms with E-state index >= 15 is 4.39 Å². The van der Waals surface area contributed by atoms with Crippen LogP contribution in [-0.4, -0.2) is 56.2 Å². The number of imidazole rings is 1. The zero-order valence-electron chi connectivity index (χ0n) is 16.8. The minimum Gasteiger partial charge on any atom is -0.507 e. The quantitative estimate of drug-likeness (QED) is 0.691. The molecule has 0 unspecified atom stereocenters. The lowest BCUT2D eigenvalue weighted by atomic mass is 9.82. The first-order valence-electron chi connectivity index (χ1n) is 10.4. The van der Waals surface area contributed by atoms with Crippen molar-refractivity contribution in [3.05, 3.63) is 49.1 Å². The number of fused-ring (bicyclic) bond motifs is 2. The van der Waals surface area contributed by atoms with Crippen molar-refractivity contribution in [2.24, 2.45) is 0 Å². The summed E-state index contributed by atoms with van der Waals surface area (Å²) < 4.78 is 16.8. The monoisotopic (exact) mass is 408 g/mol. The van der Waals surface area contributed by atoms with Gasteiger partial charge >= 0.3 is 0 Å². The van der Waals surface area contributed by atoms with E-state index in [0.29, 0.717) is 23.1 Å². The number of hydrogen-bond donors (Lipinski definition) is 2. The Bertz CT molecular complexity index is 1010. The Morgan fingerprint density at radius 3 is 2.83 bits per heavy atom. The summed E-state index contributed by atoms with van der Waals surface area (Å²) in [6.07, 6.45) is 8.10. The van der Waals surface area contributed by atoms with E-state index < -0.39 is 6.17 Å². The lowest BCUT2D eigenvalue weighted by Gasteiger charge is -2.46. The Labute approximate surface area is 174 Å². The van der Waals surface area contributed by atoms with Gasteiger partial charge in [0.1, 0.15) is 11.9 Å². The molecule has 2 aliphatic heterocycles.